The van der Waals surface area contributed by atoms with Crippen molar-refractivity contribution in [3.8, 4) is 0 Å². The van der Waals surface area contributed by atoms with Gasteiger partial charge in [-0.3, -0.25) is 4.79 Å². The third-order valence-corrected chi connectivity index (χ3v) is 7.24. The standard InChI is InChI=1S/C26H35NO5S/c1-2-3-4-8-23(29)19-9-11-21(12-10-19)27-20(13-16-25(27)30)6-5-7-22-14-15-24(33-22)26(31)32-18-17-28/h9-12,14-15,20,23,28-29H,2-8,13,16-18H2,1H3/t20-,23+/m0/s1. The van der Waals surface area contributed by atoms with Crippen molar-refractivity contribution in [2.24, 2.45) is 0 Å². The highest BCUT2D eigenvalue weighted by molar-refractivity contribution is 7.13. The van der Waals surface area contributed by atoms with E-state index in [1.54, 1.807) is 6.07 Å². The van der Waals surface area contributed by atoms with Gasteiger partial charge in [-0.25, -0.2) is 4.79 Å². The van der Waals surface area contributed by atoms with E-state index in [0.717, 1.165) is 67.5 Å². The number of nitrogens with zero attached hydrogens (tertiary/aromatic N) is 1. The van der Waals surface area contributed by atoms with Gasteiger partial charge in [0.15, 0.2) is 0 Å². The first kappa shape index (κ1) is 25.4. The second-order valence-corrected chi connectivity index (χ2v) is 9.75. The molecule has 1 amide bonds. The molecule has 2 atom stereocenters. The van der Waals surface area contributed by atoms with Gasteiger partial charge in [0.05, 0.1) is 12.7 Å². The van der Waals surface area contributed by atoms with Crippen LogP contribution in [0.15, 0.2) is 36.4 Å². The molecule has 0 aliphatic carbocycles. The molecule has 2 heterocycles. The number of carbonyl (C=O) groups excluding carboxylic acids is 2. The van der Waals surface area contributed by atoms with Crippen molar-refractivity contribution in [1.29, 1.82) is 0 Å². The van der Waals surface area contributed by atoms with Gasteiger partial charge in [0.25, 0.3) is 0 Å². The molecule has 1 fully saturated rings. The lowest BCUT2D eigenvalue weighted by atomic mass is 10.0. The first-order valence-electron chi connectivity index (χ1n) is 12.0. The minimum Gasteiger partial charge on any atom is -0.459 e. The van der Waals surface area contributed by atoms with E-state index in [1.165, 1.54) is 11.3 Å². The van der Waals surface area contributed by atoms with Crippen LogP contribution in [0.1, 0.15) is 84.5 Å². The molecule has 3 rings (SSSR count). The predicted molar refractivity (Wildman–Crippen MR) is 131 cm³/mol. The Labute approximate surface area is 200 Å². The molecule has 7 heteroatoms. The summed E-state index contributed by atoms with van der Waals surface area (Å²) in [7, 11) is 0. The fraction of sp³-hybridized carbons (Fsp3) is 0.538. The summed E-state index contributed by atoms with van der Waals surface area (Å²) in [5.41, 5.74) is 1.81. The maximum Gasteiger partial charge on any atom is 0.348 e. The Morgan fingerprint density at radius 1 is 1.18 bits per heavy atom. The lowest BCUT2D eigenvalue weighted by Crippen LogP contribution is -2.32. The van der Waals surface area contributed by atoms with Crippen LogP contribution in [0.2, 0.25) is 0 Å². The van der Waals surface area contributed by atoms with Crippen molar-refractivity contribution >= 4 is 28.9 Å². The van der Waals surface area contributed by atoms with Crippen LogP contribution in [0.4, 0.5) is 5.69 Å². The van der Waals surface area contributed by atoms with Gasteiger partial charge in [-0.15, -0.1) is 11.3 Å². The summed E-state index contributed by atoms with van der Waals surface area (Å²) in [5, 5.41) is 19.2. The molecule has 1 aliphatic rings. The molecule has 1 saturated heterocycles. The molecule has 0 bridgehead atoms. The molecule has 2 aromatic rings. The highest BCUT2D eigenvalue weighted by Gasteiger charge is 2.31. The Morgan fingerprint density at radius 3 is 2.70 bits per heavy atom. The van der Waals surface area contributed by atoms with Crippen LogP contribution in [-0.2, 0) is 16.0 Å². The van der Waals surface area contributed by atoms with Crippen LogP contribution >= 0.6 is 11.3 Å². The number of anilines is 1. The van der Waals surface area contributed by atoms with Gasteiger partial charge in [-0.2, -0.15) is 0 Å². The van der Waals surface area contributed by atoms with Crippen molar-refractivity contribution in [3.63, 3.8) is 0 Å². The van der Waals surface area contributed by atoms with Crippen LogP contribution in [0, 0.1) is 0 Å². The number of hydrogen-bond acceptors (Lipinski definition) is 6. The number of benzene rings is 1. The van der Waals surface area contributed by atoms with Crippen LogP contribution in [0.3, 0.4) is 0 Å². The molecule has 2 N–H and O–H groups in total. The molecule has 0 saturated carbocycles. The summed E-state index contributed by atoms with van der Waals surface area (Å²) >= 11 is 1.42. The number of aliphatic hydroxyl groups excluding tert-OH is 2. The quantitative estimate of drug-likeness (QED) is 0.315. The molecular formula is C26H35NO5S. The second-order valence-electron chi connectivity index (χ2n) is 8.58. The molecule has 33 heavy (non-hydrogen) atoms. The van der Waals surface area contributed by atoms with Crippen LogP contribution in [-0.4, -0.2) is 41.3 Å². The van der Waals surface area contributed by atoms with Gasteiger partial charge in [0.2, 0.25) is 5.91 Å². The van der Waals surface area contributed by atoms with Gasteiger partial charge < -0.3 is 19.8 Å². The van der Waals surface area contributed by atoms with E-state index in [1.807, 2.05) is 35.2 Å². The zero-order chi connectivity index (χ0) is 23.6. The Morgan fingerprint density at radius 2 is 1.97 bits per heavy atom. The first-order valence-corrected chi connectivity index (χ1v) is 12.8. The molecule has 0 spiro atoms. The van der Waals surface area contributed by atoms with Gasteiger partial charge in [-0.1, -0.05) is 38.3 Å². The van der Waals surface area contributed by atoms with Crippen LogP contribution in [0.25, 0.3) is 0 Å². The summed E-state index contributed by atoms with van der Waals surface area (Å²) in [6.07, 6.45) is 7.67. The summed E-state index contributed by atoms with van der Waals surface area (Å²) in [6, 6.07) is 11.7. The lowest BCUT2D eigenvalue weighted by Gasteiger charge is -2.25. The number of rotatable bonds is 13. The summed E-state index contributed by atoms with van der Waals surface area (Å²) in [5.74, 6) is -0.243. The molecule has 1 aromatic heterocycles. The van der Waals surface area contributed by atoms with Gasteiger partial charge >= 0.3 is 5.97 Å². The minimum atomic E-state index is -0.452. The van der Waals surface area contributed by atoms with E-state index in [4.69, 9.17) is 9.84 Å². The molecule has 0 radical (unpaired) electrons. The molecule has 180 valence electrons. The number of aliphatic hydroxyl groups is 2. The molecular weight excluding hydrogens is 438 g/mol. The Kier molecular flexibility index (Phi) is 9.91. The third kappa shape index (κ3) is 7.13. The monoisotopic (exact) mass is 473 g/mol. The summed E-state index contributed by atoms with van der Waals surface area (Å²) < 4.78 is 4.96. The van der Waals surface area contributed by atoms with Gasteiger partial charge in [0, 0.05) is 23.0 Å². The summed E-state index contributed by atoms with van der Waals surface area (Å²) in [6.45, 7) is 1.98. The predicted octanol–water partition coefficient (Wildman–Crippen LogP) is 5.03. The normalized spacial score (nSPS) is 16.9. The molecule has 1 aromatic carbocycles. The average Bonchev–Trinajstić information content (AvgIpc) is 3.44. The fourth-order valence-corrected chi connectivity index (χ4v) is 5.27. The zero-order valence-corrected chi connectivity index (χ0v) is 20.2. The van der Waals surface area contributed by atoms with Gasteiger partial charge in [0.1, 0.15) is 11.5 Å². The number of aryl methyl sites for hydroxylation is 1. The van der Waals surface area contributed by atoms with Crippen LogP contribution in [0.5, 0.6) is 0 Å². The van der Waals surface area contributed by atoms with Crippen molar-refractivity contribution in [2.45, 2.75) is 76.9 Å². The number of carbonyl (C=O) groups is 2. The van der Waals surface area contributed by atoms with E-state index < -0.39 is 12.1 Å². The van der Waals surface area contributed by atoms with E-state index in [2.05, 4.69) is 6.92 Å². The highest BCUT2D eigenvalue weighted by atomic mass is 32.1. The number of unbranched alkanes of at least 4 members (excludes halogenated alkanes) is 2. The maximum atomic E-state index is 12.6. The van der Waals surface area contributed by atoms with E-state index in [0.29, 0.717) is 11.3 Å². The number of ether oxygens (including phenoxy) is 1. The molecule has 6 nitrogen and oxygen atoms in total. The smallest absolute Gasteiger partial charge is 0.348 e. The Bertz CT molecular complexity index is 894. The number of thiophene rings is 1. The van der Waals surface area contributed by atoms with E-state index in [-0.39, 0.29) is 25.2 Å². The van der Waals surface area contributed by atoms with Gasteiger partial charge in [-0.05, 0) is 61.9 Å². The largest absolute Gasteiger partial charge is 0.459 e. The molecule has 0 unspecified atom stereocenters. The fourth-order valence-electron chi connectivity index (χ4n) is 4.33. The summed E-state index contributed by atoms with van der Waals surface area (Å²) in [4.78, 5) is 28.0. The second kappa shape index (κ2) is 12.9. The average molecular weight is 474 g/mol. The first-order chi connectivity index (χ1) is 16.0. The van der Waals surface area contributed by atoms with Crippen molar-refractivity contribution < 1.29 is 24.5 Å². The van der Waals surface area contributed by atoms with E-state index in [9.17, 15) is 14.7 Å². The highest BCUT2D eigenvalue weighted by Crippen LogP contribution is 2.31. The van der Waals surface area contributed by atoms with Crippen molar-refractivity contribution in [3.05, 3.63) is 51.7 Å². The van der Waals surface area contributed by atoms with Crippen molar-refractivity contribution in [1.82, 2.24) is 0 Å². The number of hydrogen-bond donors (Lipinski definition) is 2. The Balaban J connectivity index is 1.53. The Hall–Kier alpha value is -2.22. The SMILES string of the molecule is CCCCC[C@@H](O)c1ccc(N2C(=O)CC[C@@H]2CCCc2ccc(C(=O)OCCO)s2)cc1. The lowest BCUT2D eigenvalue weighted by molar-refractivity contribution is -0.117. The third-order valence-electron chi connectivity index (χ3n) is 6.11. The topological polar surface area (TPSA) is 87.1 Å². The van der Waals surface area contributed by atoms with Crippen LogP contribution < -0.4 is 4.90 Å². The minimum absolute atomic E-state index is 0.0103. The number of amides is 1. The zero-order valence-electron chi connectivity index (χ0n) is 19.4. The number of esters is 1. The van der Waals surface area contributed by atoms with E-state index >= 15 is 0 Å². The maximum absolute atomic E-state index is 12.6. The van der Waals surface area contributed by atoms with Crippen molar-refractivity contribution in [2.75, 3.05) is 18.1 Å². The molecule has 1 aliphatic heterocycles.